The molecule has 0 saturated heterocycles. The molecule has 3 nitrogen and oxygen atoms in total. The zero-order valence-corrected chi connectivity index (χ0v) is 8.97. The third kappa shape index (κ3) is 1.73. The van der Waals surface area contributed by atoms with Crippen molar-refractivity contribution < 1.29 is 4.39 Å². The fourth-order valence-electron chi connectivity index (χ4n) is 1.77. The third-order valence-corrected chi connectivity index (χ3v) is 2.62. The van der Waals surface area contributed by atoms with E-state index in [-0.39, 0.29) is 5.82 Å². The minimum atomic E-state index is -0.255. The number of fused-ring (bicyclic) bond motifs is 1. The second-order valence-corrected chi connectivity index (χ2v) is 3.87. The standard InChI is InChI=1S/C13H10FN3/c14-10-1-4-12(5-2-10)17-8-9-7-11(15)3-6-13(9)16-17/h1-8H,15H2. The molecule has 3 aromatic rings. The molecule has 0 bridgehead atoms. The molecule has 0 saturated carbocycles. The van der Waals surface area contributed by atoms with Gasteiger partial charge in [-0.2, -0.15) is 5.10 Å². The fraction of sp³-hybridized carbons (Fsp3) is 0. The van der Waals surface area contributed by atoms with Crippen LogP contribution in [0, 0.1) is 5.82 Å². The van der Waals surface area contributed by atoms with Crippen LogP contribution in [0.5, 0.6) is 0 Å². The summed E-state index contributed by atoms with van der Waals surface area (Å²) in [5.74, 6) is -0.255. The number of nitrogen functional groups attached to an aromatic ring is 1. The molecule has 0 unspecified atom stereocenters. The molecule has 2 aromatic carbocycles. The Morgan fingerprint density at radius 3 is 2.59 bits per heavy atom. The molecule has 4 heteroatoms. The largest absolute Gasteiger partial charge is 0.399 e. The highest BCUT2D eigenvalue weighted by Crippen LogP contribution is 2.18. The maximum Gasteiger partial charge on any atom is 0.123 e. The van der Waals surface area contributed by atoms with Gasteiger partial charge in [0.05, 0.1) is 11.2 Å². The van der Waals surface area contributed by atoms with Gasteiger partial charge in [0.25, 0.3) is 0 Å². The van der Waals surface area contributed by atoms with Gasteiger partial charge in [-0.15, -0.1) is 0 Å². The molecule has 0 amide bonds. The molecule has 3 rings (SSSR count). The molecule has 1 heterocycles. The molecule has 0 spiro atoms. The Kier molecular flexibility index (Phi) is 2.08. The van der Waals surface area contributed by atoms with E-state index in [0.717, 1.165) is 16.6 Å². The minimum absolute atomic E-state index is 0.255. The van der Waals surface area contributed by atoms with E-state index in [9.17, 15) is 4.39 Å². The smallest absolute Gasteiger partial charge is 0.123 e. The molecule has 0 aliphatic heterocycles. The van der Waals surface area contributed by atoms with Gasteiger partial charge >= 0.3 is 0 Å². The first-order valence-electron chi connectivity index (χ1n) is 5.23. The van der Waals surface area contributed by atoms with Crippen molar-refractivity contribution in [2.45, 2.75) is 0 Å². The van der Waals surface area contributed by atoms with Crippen LogP contribution < -0.4 is 5.73 Å². The SMILES string of the molecule is Nc1ccc2nn(-c3ccc(F)cc3)cc2c1. The third-order valence-electron chi connectivity index (χ3n) is 2.62. The van der Waals surface area contributed by atoms with Crippen molar-refractivity contribution >= 4 is 16.6 Å². The summed E-state index contributed by atoms with van der Waals surface area (Å²) in [5.41, 5.74) is 8.09. The molecule has 0 radical (unpaired) electrons. The average Bonchev–Trinajstić information content (AvgIpc) is 2.72. The van der Waals surface area contributed by atoms with Crippen molar-refractivity contribution in [1.29, 1.82) is 0 Å². The number of halogens is 1. The lowest BCUT2D eigenvalue weighted by Crippen LogP contribution is -1.93. The molecule has 17 heavy (non-hydrogen) atoms. The molecular formula is C13H10FN3. The Morgan fingerprint density at radius 1 is 1.06 bits per heavy atom. The van der Waals surface area contributed by atoms with Gasteiger partial charge in [0.2, 0.25) is 0 Å². The highest BCUT2D eigenvalue weighted by molar-refractivity contribution is 5.81. The quantitative estimate of drug-likeness (QED) is 0.649. The van der Waals surface area contributed by atoms with Crippen molar-refractivity contribution in [3.05, 3.63) is 54.5 Å². The summed E-state index contributed by atoms with van der Waals surface area (Å²) in [6, 6.07) is 11.7. The number of nitrogens with two attached hydrogens (primary N) is 1. The molecule has 2 N–H and O–H groups in total. The maximum atomic E-state index is 12.8. The van der Waals surface area contributed by atoms with Crippen LogP contribution in [0.3, 0.4) is 0 Å². The normalized spacial score (nSPS) is 10.9. The van der Waals surface area contributed by atoms with Gasteiger partial charge in [0.15, 0.2) is 0 Å². The molecule has 0 fully saturated rings. The van der Waals surface area contributed by atoms with E-state index in [0.29, 0.717) is 5.69 Å². The van der Waals surface area contributed by atoms with Gasteiger partial charge in [-0.05, 0) is 42.5 Å². The number of benzene rings is 2. The van der Waals surface area contributed by atoms with E-state index in [1.165, 1.54) is 12.1 Å². The second kappa shape index (κ2) is 3.59. The van der Waals surface area contributed by atoms with Crippen molar-refractivity contribution in [3.8, 4) is 5.69 Å². The Labute approximate surface area is 97.3 Å². The van der Waals surface area contributed by atoms with E-state index in [1.54, 1.807) is 16.8 Å². The molecule has 0 aliphatic carbocycles. The lowest BCUT2D eigenvalue weighted by Gasteiger charge is -1.99. The predicted octanol–water partition coefficient (Wildman–Crippen LogP) is 2.75. The van der Waals surface area contributed by atoms with E-state index >= 15 is 0 Å². The zero-order chi connectivity index (χ0) is 11.8. The van der Waals surface area contributed by atoms with E-state index in [1.807, 2.05) is 24.4 Å². The summed E-state index contributed by atoms with van der Waals surface area (Å²) < 4.78 is 14.5. The first-order chi connectivity index (χ1) is 8.22. The van der Waals surface area contributed by atoms with Crippen LogP contribution in [0.15, 0.2) is 48.7 Å². The first kappa shape index (κ1) is 9.84. The van der Waals surface area contributed by atoms with Crippen molar-refractivity contribution in [2.24, 2.45) is 0 Å². The van der Waals surface area contributed by atoms with Gasteiger partial charge in [0, 0.05) is 17.3 Å². The molecule has 84 valence electrons. The van der Waals surface area contributed by atoms with Gasteiger partial charge < -0.3 is 5.73 Å². The number of anilines is 1. The number of aromatic nitrogens is 2. The minimum Gasteiger partial charge on any atom is -0.399 e. The number of nitrogens with zero attached hydrogens (tertiary/aromatic N) is 2. The summed E-state index contributed by atoms with van der Waals surface area (Å²) >= 11 is 0. The van der Waals surface area contributed by atoms with Crippen LogP contribution in [-0.4, -0.2) is 9.78 Å². The van der Waals surface area contributed by atoms with Crippen LogP contribution in [0.4, 0.5) is 10.1 Å². The molecule has 0 atom stereocenters. The maximum absolute atomic E-state index is 12.8. The zero-order valence-electron chi connectivity index (χ0n) is 8.97. The second-order valence-electron chi connectivity index (χ2n) is 3.87. The van der Waals surface area contributed by atoms with E-state index < -0.39 is 0 Å². The molecule has 0 aliphatic rings. The predicted molar refractivity (Wildman–Crippen MR) is 65.4 cm³/mol. The number of rotatable bonds is 1. The molecule has 1 aromatic heterocycles. The highest BCUT2D eigenvalue weighted by atomic mass is 19.1. The fourth-order valence-corrected chi connectivity index (χ4v) is 1.77. The first-order valence-corrected chi connectivity index (χ1v) is 5.23. The summed E-state index contributed by atoms with van der Waals surface area (Å²) in [4.78, 5) is 0. The Bertz CT molecular complexity index is 671. The van der Waals surface area contributed by atoms with Crippen LogP contribution >= 0.6 is 0 Å². The topological polar surface area (TPSA) is 43.8 Å². The highest BCUT2D eigenvalue weighted by Gasteiger charge is 2.02. The van der Waals surface area contributed by atoms with E-state index in [4.69, 9.17) is 5.73 Å². The summed E-state index contributed by atoms with van der Waals surface area (Å²) in [6.45, 7) is 0. The van der Waals surface area contributed by atoms with Crippen molar-refractivity contribution in [3.63, 3.8) is 0 Å². The van der Waals surface area contributed by atoms with Crippen LogP contribution in [0.1, 0.15) is 0 Å². The van der Waals surface area contributed by atoms with Crippen molar-refractivity contribution in [2.75, 3.05) is 5.73 Å². The van der Waals surface area contributed by atoms with Crippen LogP contribution in [0.25, 0.3) is 16.6 Å². The monoisotopic (exact) mass is 227 g/mol. The lowest BCUT2D eigenvalue weighted by molar-refractivity contribution is 0.627. The van der Waals surface area contributed by atoms with E-state index in [2.05, 4.69) is 5.10 Å². The average molecular weight is 227 g/mol. The van der Waals surface area contributed by atoms with Crippen LogP contribution in [0.2, 0.25) is 0 Å². The summed E-state index contributed by atoms with van der Waals surface area (Å²) in [7, 11) is 0. The summed E-state index contributed by atoms with van der Waals surface area (Å²) in [6.07, 6.45) is 1.87. The molecular weight excluding hydrogens is 217 g/mol. The van der Waals surface area contributed by atoms with Gasteiger partial charge in [-0.25, -0.2) is 9.07 Å². The lowest BCUT2D eigenvalue weighted by atomic mass is 10.2. The van der Waals surface area contributed by atoms with Gasteiger partial charge in [-0.3, -0.25) is 0 Å². The Hall–Kier alpha value is -2.36. The van der Waals surface area contributed by atoms with Crippen LogP contribution in [-0.2, 0) is 0 Å². The van der Waals surface area contributed by atoms with Gasteiger partial charge in [-0.1, -0.05) is 0 Å². The number of hydrogen-bond donors (Lipinski definition) is 1. The number of hydrogen-bond acceptors (Lipinski definition) is 2. The Morgan fingerprint density at radius 2 is 1.82 bits per heavy atom. The Balaban J connectivity index is 2.14. The summed E-state index contributed by atoms with van der Waals surface area (Å²) in [5, 5.41) is 5.36. The van der Waals surface area contributed by atoms with Gasteiger partial charge in [0.1, 0.15) is 5.82 Å². The van der Waals surface area contributed by atoms with Crippen molar-refractivity contribution in [1.82, 2.24) is 9.78 Å².